The molecular formula is C15H21NO6. The molecule has 22 heavy (non-hydrogen) atoms. The van der Waals surface area contributed by atoms with E-state index in [-0.39, 0.29) is 25.0 Å². The number of hydrogen-bond acceptors (Lipinski definition) is 6. The highest BCUT2D eigenvalue weighted by Crippen LogP contribution is 2.22. The predicted octanol–water partition coefficient (Wildman–Crippen LogP) is -0.198. The lowest BCUT2D eigenvalue weighted by atomic mass is 9.96. The third kappa shape index (κ3) is 3.88. The quantitative estimate of drug-likeness (QED) is 0.697. The molecule has 1 fully saturated rings. The Labute approximate surface area is 128 Å². The molecule has 122 valence electrons. The van der Waals surface area contributed by atoms with E-state index in [1.165, 1.54) is 14.2 Å². The standard InChI is InChI=1S/C15H21NO6/c1-20-11-3-9(4-12(5-11)21-2)15(19)16-6-10-7-22-8-13(17)14(10)18/h3-5,10,13-14,17-18H,6-8H2,1-2H3,(H,16,19)/t10-,13-,14+/m1/s1. The average molecular weight is 311 g/mol. The maximum atomic E-state index is 12.2. The van der Waals surface area contributed by atoms with E-state index in [9.17, 15) is 15.0 Å². The SMILES string of the molecule is COc1cc(OC)cc(C(=O)NC[C@@H]2COC[C@@H](O)[C@H]2O)c1. The Morgan fingerprint density at radius 1 is 1.23 bits per heavy atom. The lowest BCUT2D eigenvalue weighted by Gasteiger charge is -2.31. The highest BCUT2D eigenvalue weighted by Gasteiger charge is 2.31. The Morgan fingerprint density at radius 2 is 1.86 bits per heavy atom. The molecule has 0 bridgehead atoms. The summed E-state index contributed by atoms with van der Waals surface area (Å²) in [7, 11) is 3.02. The molecule has 1 heterocycles. The lowest BCUT2D eigenvalue weighted by Crippen LogP contribution is -2.48. The first-order valence-corrected chi connectivity index (χ1v) is 7.00. The second-order valence-corrected chi connectivity index (χ2v) is 5.17. The molecule has 1 aliphatic rings. The van der Waals surface area contributed by atoms with Crippen LogP contribution in [-0.4, -0.2) is 62.3 Å². The van der Waals surface area contributed by atoms with Gasteiger partial charge < -0.3 is 29.7 Å². The maximum Gasteiger partial charge on any atom is 0.251 e. The van der Waals surface area contributed by atoms with Gasteiger partial charge in [-0.2, -0.15) is 0 Å². The number of carbonyl (C=O) groups is 1. The normalized spacial score (nSPS) is 24.6. The van der Waals surface area contributed by atoms with Gasteiger partial charge in [0.2, 0.25) is 0 Å². The van der Waals surface area contributed by atoms with Crippen LogP contribution in [0.4, 0.5) is 0 Å². The molecule has 7 heteroatoms. The molecule has 1 aromatic carbocycles. The minimum absolute atomic E-state index is 0.110. The summed E-state index contributed by atoms with van der Waals surface area (Å²) < 4.78 is 15.4. The molecule has 0 unspecified atom stereocenters. The molecule has 0 aromatic heterocycles. The fraction of sp³-hybridized carbons (Fsp3) is 0.533. The smallest absolute Gasteiger partial charge is 0.251 e. The second-order valence-electron chi connectivity index (χ2n) is 5.17. The van der Waals surface area contributed by atoms with Crippen molar-refractivity contribution in [3.63, 3.8) is 0 Å². The van der Waals surface area contributed by atoms with Gasteiger partial charge in [-0.1, -0.05) is 0 Å². The van der Waals surface area contributed by atoms with E-state index in [1.807, 2.05) is 0 Å². The van der Waals surface area contributed by atoms with Crippen molar-refractivity contribution in [3.05, 3.63) is 23.8 Å². The number of nitrogens with one attached hydrogen (secondary N) is 1. The van der Waals surface area contributed by atoms with Crippen molar-refractivity contribution < 1.29 is 29.2 Å². The zero-order chi connectivity index (χ0) is 16.1. The molecule has 0 saturated carbocycles. The van der Waals surface area contributed by atoms with E-state index in [4.69, 9.17) is 14.2 Å². The van der Waals surface area contributed by atoms with E-state index in [2.05, 4.69) is 5.32 Å². The van der Waals surface area contributed by atoms with Gasteiger partial charge in [-0.15, -0.1) is 0 Å². The zero-order valence-electron chi connectivity index (χ0n) is 12.6. The molecule has 0 radical (unpaired) electrons. The third-order valence-corrected chi connectivity index (χ3v) is 3.64. The Balaban J connectivity index is 2.00. The van der Waals surface area contributed by atoms with Crippen LogP contribution in [-0.2, 0) is 4.74 Å². The van der Waals surface area contributed by atoms with Crippen LogP contribution in [0.15, 0.2) is 18.2 Å². The van der Waals surface area contributed by atoms with Crippen LogP contribution in [0.5, 0.6) is 11.5 Å². The molecule has 3 N–H and O–H groups in total. The van der Waals surface area contributed by atoms with Crippen molar-refractivity contribution in [2.75, 3.05) is 34.0 Å². The second kappa shape index (κ2) is 7.44. The van der Waals surface area contributed by atoms with Gasteiger partial charge in [0.1, 0.15) is 17.6 Å². The number of benzene rings is 1. The fourth-order valence-corrected chi connectivity index (χ4v) is 2.30. The summed E-state index contributed by atoms with van der Waals surface area (Å²) in [6.45, 7) is 0.606. The average Bonchev–Trinajstić information content (AvgIpc) is 2.55. The monoisotopic (exact) mass is 311 g/mol. The number of aliphatic hydroxyl groups excluding tert-OH is 2. The molecule has 1 aromatic rings. The van der Waals surface area contributed by atoms with Gasteiger partial charge in [0.15, 0.2) is 0 Å². The van der Waals surface area contributed by atoms with Crippen molar-refractivity contribution in [2.45, 2.75) is 12.2 Å². The van der Waals surface area contributed by atoms with Gasteiger partial charge in [-0.05, 0) is 12.1 Å². The highest BCUT2D eigenvalue weighted by atomic mass is 16.5. The van der Waals surface area contributed by atoms with Crippen molar-refractivity contribution in [1.29, 1.82) is 0 Å². The fourth-order valence-electron chi connectivity index (χ4n) is 2.30. The number of carbonyl (C=O) groups excluding carboxylic acids is 1. The predicted molar refractivity (Wildman–Crippen MR) is 78.2 cm³/mol. The number of amides is 1. The maximum absolute atomic E-state index is 12.2. The van der Waals surface area contributed by atoms with Gasteiger partial charge in [0, 0.05) is 24.1 Å². The molecule has 1 aliphatic heterocycles. The first-order chi connectivity index (χ1) is 10.5. The van der Waals surface area contributed by atoms with Crippen molar-refractivity contribution >= 4 is 5.91 Å². The molecule has 2 rings (SSSR count). The summed E-state index contributed by atoms with van der Waals surface area (Å²) in [6, 6.07) is 4.87. The topological polar surface area (TPSA) is 97.3 Å². The number of methoxy groups -OCH3 is 2. The number of hydrogen-bond donors (Lipinski definition) is 3. The Bertz CT molecular complexity index is 499. The van der Waals surface area contributed by atoms with Gasteiger partial charge >= 0.3 is 0 Å². The summed E-state index contributed by atoms with van der Waals surface area (Å²) in [5, 5.41) is 22.1. The number of aliphatic hydroxyl groups is 2. The third-order valence-electron chi connectivity index (χ3n) is 3.64. The van der Waals surface area contributed by atoms with E-state index in [0.29, 0.717) is 23.7 Å². The minimum atomic E-state index is -0.924. The van der Waals surface area contributed by atoms with Crippen LogP contribution in [0.25, 0.3) is 0 Å². The minimum Gasteiger partial charge on any atom is -0.497 e. The molecule has 7 nitrogen and oxygen atoms in total. The van der Waals surface area contributed by atoms with Crippen LogP contribution in [0.1, 0.15) is 10.4 Å². The summed E-state index contributed by atoms with van der Waals surface area (Å²) >= 11 is 0. The first kappa shape index (κ1) is 16.5. The summed E-state index contributed by atoms with van der Waals surface area (Å²) in [5.74, 6) is 0.367. The van der Waals surface area contributed by atoms with Crippen LogP contribution in [0.2, 0.25) is 0 Å². The number of ether oxygens (including phenoxy) is 3. The van der Waals surface area contributed by atoms with Gasteiger partial charge in [-0.25, -0.2) is 0 Å². The number of rotatable bonds is 5. The van der Waals surface area contributed by atoms with Crippen LogP contribution < -0.4 is 14.8 Å². The van der Waals surface area contributed by atoms with E-state index < -0.39 is 12.2 Å². The molecule has 3 atom stereocenters. The summed E-state index contributed by atoms with van der Waals surface area (Å²) in [6.07, 6.45) is -1.83. The van der Waals surface area contributed by atoms with Crippen molar-refractivity contribution in [2.24, 2.45) is 5.92 Å². The molecule has 1 amide bonds. The summed E-state index contributed by atoms with van der Waals surface area (Å²) in [5.41, 5.74) is 0.392. The lowest BCUT2D eigenvalue weighted by molar-refractivity contribution is -0.118. The largest absolute Gasteiger partial charge is 0.497 e. The zero-order valence-corrected chi connectivity index (χ0v) is 12.6. The van der Waals surface area contributed by atoms with Gasteiger partial charge in [0.25, 0.3) is 5.91 Å². The van der Waals surface area contributed by atoms with E-state index in [0.717, 1.165) is 0 Å². The van der Waals surface area contributed by atoms with Crippen LogP contribution in [0, 0.1) is 5.92 Å². The van der Waals surface area contributed by atoms with Crippen molar-refractivity contribution in [3.8, 4) is 11.5 Å². The Hall–Kier alpha value is -1.83. The van der Waals surface area contributed by atoms with Crippen LogP contribution >= 0.6 is 0 Å². The molecule has 0 spiro atoms. The van der Waals surface area contributed by atoms with E-state index in [1.54, 1.807) is 18.2 Å². The van der Waals surface area contributed by atoms with E-state index >= 15 is 0 Å². The summed E-state index contributed by atoms with van der Waals surface area (Å²) in [4.78, 5) is 12.2. The molecule has 0 aliphatic carbocycles. The van der Waals surface area contributed by atoms with Crippen LogP contribution in [0.3, 0.4) is 0 Å². The van der Waals surface area contributed by atoms with Gasteiger partial charge in [-0.3, -0.25) is 4.79 Å². The molecular weight excluding hydrogens is 290 g/mol. The molecule has 1 saturated heterocycles. The van der Waals surface area contributed by atoms with Gasteiger partial charge in [0.05, 0.1) is 33.5 Å². The first-order valence-electron chi connectivity index (χ1n) is 7.00. The highest BCUT2D eigenvalue weighted by molar-refractivity contribution is 5.95. The van der Waals surface area contributed by atoms with Crippen molar-refractivity contribution in [1.82, 2.24) is 5.32 Å². The Morgan fingerprint density at radius 3 is 2.45 bits per heavy atom. The Kier molecular flexibility index (Phi) is 5.59.